The fourth-order valence-electron chi connectivity index (χ4n) is 1.32. The summed E-state index contributed by atoms with van der Waals surface area (Å²) in [5.41, 5.74) is 1.63. The predicted octanol–water partition coefficient (Wildman–Crippen LogP) is 2.48. The van der Waals surface area contributed by atoms with Crippen LogP contribution in [0, 0.1) is 11.3 Å². The van der Waals surface area contributed by atoms with Crippen LogP contribution >= 0.6 is 0 Å². The molecule has 0 unspecified atom stereocenters. The molecule has 4 heteroatoms. The van der Waals surface area contributed by atoms with Crippen molar-refractivity contribution in [1.82, 2.24) is 9.97 Å². The Bertz CT molecular complexity index is 515. The highest BCUT2D eigenvalue weighted by atomic mass is 14.9. The van der Waals surface area contributed by atoms with Crippen LogP contribution in [0.4, 0.5) is 0 Å². The van der Waals surface area contributed by atoms with E-state index in [1.807, 2.05) is 6.07 Å². The van der Waals surface area contributed by atoms with Crippen molar-refractivity contribution in [3.8, 4) is 6.07 Å². The summed E-state index contributed by atoms with van der Waals surface area (Å²) in [5, 5.41) is 8.50. The Kier molecular flexibility index (Phi) is 3.10. The number of aromatic nitrogens is 2. The zero-order valence-electron chi connectivity index (χ0n) is 9.43. The van der Waals surface area contributed by atoms with Gasteiger partial charge in [0.2, 0.25) is 0 Å². The highest BCUT2D eigenvalue weighted by Crippen LogP contribution is 2.37. The molecule has 0 spiro atoms. The van der Waals surface area contributed by atoms with E-state index in [2.05, 4.69) is 28.1 Å². The van der Waals surface area contributed by atoms with Crippen LogP contribution in [0.3, 0.4) is 0 Å². The van der Waals surface area contributed by atoms with E-state index >= 15 is 0 Å². The highest BCUT2D eigenvalue weighted by molar-refractivity contribution is 6.08. The summed E-state index contributed by atoms with van der Waals surface area (Å²) < 4.78 is 0. The molecule has 1 saturated carbocycles. The van der Waals surface area contributed by atoms with Crippen molar-refractivity contribution < 1.29 is 0 Å². The van der Waals surface area contributed by atoms with Crippen LogP contribution in [-0.4, -0.2) is 16.2 Å². The minimum atomic E-state index is 0.154. The molecule has 1 aromatic rings. The standard InChI is InChI=1S/C13H12N4/c1-9(6-15-10(2)5-14)12-7-16-13(17-8-12)11-3-4-11/h6-8,11H,1-4H2/b15-6+. The largest absolute Gasteiger partial charge is 0.246 e. The third-order valence-corrected chi connectivity index (χ3v) is 2.49. The van der Waals surface area contributed by atoms with E-state index in [1.54, 1.807) is 12.4 Å². The predicted molar refractivity (Wildman–Crippen MR) is 66.3 cm³/mol. The molecule has 1 aliphatic rings. The second-order valence-corrected chi connectivity index (χ2v) is 3.95. The minimum Gasteiger partial charge on any atom is -0.246 e. The Labute approximate surface area is 100 Å². The lowest BCUT2D eigenvalue weighted by Crippen LogP contribution is -1.94. The van der Waals surface area contributed by atoms with E-state index in [0.29, 0.717) is 11.5 Å². The van der Waals surface area contributed by atoms with Gasteiger partial charge in [0.1, 0.15) is 17.6 Å². The van der Waals surface area contributed by atoms with Gasteiger partial charge in [-0.25, -0.2) is 15.0 Å². The van der Waals surface area contributed by atoms with Gasteiger partial charge in [-0.05, 0) is 18.4 Å². The van der Waals surface area contributed by atoms with E-state index in [4.69, 9.17) is 5.26 Å². The number of aliphatic imine (C=N–C) groups is 1. The number of nitriles is 1. The molecule has 1 aromatic heterocycles. The monoisotopic (exact) mass is 224 g/mol. The molecule has 4 nitrogen and oxygen atoms in total. The average Bonchev–Trinajstić information content (AvgIpc) is 3.20. The Morgan fingerprint density at radius 1 is 1.41 bits per heavy atom. The number of hydrogen-bond acceptors (Lipinski definition) is 4. The van der Waals surface area contributed by atoms with Crippen LogP contribution in [0.25, 0.3) is 5.57 Å². The van der Waals surface area contributed by atoms with E-state index < -0.39 is 0 Å². The fourth-order valence-corrected chi connectivity index (χ4v) is 1.32. The highest BCUT2D eigenvalue weighted by Gasteiger charge is 2.26. The smallest absolute Gasteiger partial charge is 0.133 e. The van der Waals surface area contributed by atoms with Crippen LogP contribution in [0.15, 0.2) is 36.2 Å². The second kappa shape index (κ2) is 4.71. The van der Waals surface area contributed by atoms with Crippen molar-refractivity contribution in [1.29, 1.82) is 5.26 Å². The van der Waals surface area contributed by atoms with Crippen molar-refractivity contribution in [2.45, 2.75) is 18.8 Å². The lowest BCUT2D eigenvalue weighted by molar-refractivity contribution is 0.924. The van der Waals surface area contributed by atoms with Crippen molar-refractivity contribution in [3.05, 3.63) is 42.6 Å². The van der Waals surface area contributed by atoms with Gasteiger partial charge >= 0.3 is 0 Å². The summed E-state index contributed by atoms with van der Waals surface area (Å²) in [6.45, 7) is 7.29. The zero-order valence-corrected chi connectivity index (χ0v) is 9.43. The first-order valence-corrected chi connectivity index (χ1v) is 5.35. The minimum absolute atomic E-state index is 0.154. The maximum absolute atomic E-state index is 8.50. The molecule has 0 N–H and O–H groups in total. The molecule has 0 aromatic carbocycles. The molecule has 84 valence electrons. The number of allylic oxidation sites excluding steroid dienone is 2. The van der Waals surface area contributed by atoms with Crippen LogP contribution in [0.5, 0.6) is 0 Å². The van der Waals surface area contributed by atoms with Gasteiger partial charge in [0.05, 0.1) is 0 Å². The SMILES string of the molecule is C=C(C#N)/N=C/C(=C)c1cnc(C2CC2)nc1. The summed E-state index contributed by atoms with van der Waals surface area (Å²) in [4.78, 5) is 12.4. The van der Waals surface area contributed by atoms with Gasteiger partial charge in [0.15, 0.2) is 0 Å². The van der Waals surface area contributed by atoms with Crippen LogP contribution < -0.4 is 0 Å². The van der Waals surface area contributed by atoms with Gasteiger partial charge in [-0.1, -0.05) is 13.2 Å². The van der Waals surface area contributed by atoms with Gasteiger partial charge in [0.25, 0.3) is 0 Å². The molecule has 1 heterocycles. The van der Waals surface area contributed by atoms with Gasteiger partial charge < -0.3 is 0 Å². The topological polar surface area (TPSA) is 61.9 Å². The lowest BCUT2D eigenvalue weighted by Gasteiger charge is -2.00. The summed E-state index contributed by atoms with van der Waals surface area (Å²) in [6, 6.07) is 1.84. The van der Waals surface area contributed by atoms with Gasteiger partial charge in [-0.2, -0.15) is 5.26 Å². The van der Waals surface area contributed by atoms with Gasteiger partial charge in [0, 0.05) is 30.1 Å². The van der Waals surface area contributed by atoms with Gasteiger partial charge in [-0.3, -0.25) is 0 Å². The van der Waals surface area contributed by atoms with Gasteiger partial charge in [-0.15, -0.1) is 0 Å². The molecular weight excluding hydrogens is 212 g/mol. The molecule has 0 aliphatic heterocycles. The third kappa shape index (κ3) is 2.85. The van der Waals surface area contributed by atoms with Crippen molar-refractivity contribution in [3.63, 3.8) is 0 Å². The first-order chi connectivity index (χ1) is 8.20. The fraction of sp³-hybridized carbons (Fsp3) is 0.231. The Morgan fingerprint density at radius 2 is 2.06 bits per heavy atom. The van der Waals surface area contributed by atoms with E-state index in [0.717, 1.165) is 11.4 Å². The van der Waals surface area contributed by atoms with Crippen LogP contribution in [0.2, 0.25) is 0 Å². The normalized spacial score (nSPS) is 14.5. The van der Waals surface area contributed by atoms with Crippen LogP contribution in [0.1, 0.15) is 30.1 Å². The second-order valence-electron chi connectivity index (χ2n) is 3.95. The van der Waals surface area contributed by atoms with Crippen molar-refractivity contribution in [2.24, 2.45) is 4.99 Å². The average molecular weight is 224 g/mol. The van der Waals surface area contributed by atoms with E-state index in [1.165, 1.54) is 19.1 Å². The van der Waals surface area contributed by atoms with Crippen molar-refractivity contribution >= 4 is 11.8 Å². The molecule has 17 heavy (non-hydrogen) atoms. The number of hydrogen-bond donors (Lipinski definition) is 0. The first-order valence-electron chi connectivity index (χ1n) is 5.35. The molecule has 0 saturated heterocycles. The quantitative estimate of drug-likeness (QED) is 0.583. The summed E-state index contributed by atoms with van der Waals surface area (Å²) >= 11 is 0. The lowest BCUT2D eigenvalue weighted by atomic mass is 10.2. The molecule has 0 atom stereocenters. The maximum atomic E-state index is 8.50. The molecule has 0 amide bonds. The molecule has 1 aliphatic carbocycles. The molecule has 0 radical (unpaired) electrons. The van der Waals surface area contributed by atoms with E-state index in [-0.39, 0.29) is 5.70 Å². The summed E-state index contributed by atoms with van der Waals surface area (Å²) in [5.74, 6) is 1.45. The number of nitrogens with zero attached hydrogens (tertiary/aromatic N) is 4. The molecule has 2 rings (SSSR count). The number of rotatable bonds is 4. The van der Waals surface area contributed by atoms with E-state index in [9.17, 15) is 0 Å². The molecular formula is C13H12N4. The maximum Gasteiger partial charge on any atom is 0.133 e. The molecule has 1 fully saturated rings. The summed E-state index contributed by atoms with van der Waals surface area (Å²) in [7, 11) is 0. The Balaban J connectivity index is 2.06. The third-order valence-electron chi connectivity index (χ3n) is 2.49. The summed E-state index contributed by atoms with van der Waals surface area (Å²) in [6.07, 6.45) is 7.35. The first kappa shape index (κ1) is 11.2. The van der Waals surface area contributed by atoms with Crippen LogP contribution in [-0.2, 0) is 0 Å². The van der Waals surface area contributed by atoms with Crippen molar-refractivity contribution in [2.75, 3.05) is 0 Å². The Morgan fingerprint density at radius 3 is 2.59 bits per heavy atom. The zero-order chi connectivity index (χ0) is 12.3. The Hall–Kier alpha value is -2.28. The molecule has 0 bridgehead atoms.